The van der Waals surface area contributed by atoms with Crippen LogP contribution in [0.5, 0.6) is 11.5 Å². The summed E-state index contributed by atoms with van der Waals surface area (Å²) in [5.41, 5.74) is 1.47. The average Bonchev–Trinajstić information content (AvgIpc) is 2.64. The van der Waals surface area contributed by atoms with Crippen molar-refractivity contribution in [2.75, 3.05) is 24.9 Å². The highest BCUT2D eigenvalue weighted by Crippen LogP contribution is 2.31. The zero-order chi connectivity index (χ0) is 18.5. The molecule has 3 aromatic rings. The summed E-state index contributed by atoms with van der Waals surface area (Å²) in [6.07, 6.45) is 1.64. The van der Waals surface area contributed by atoms with E-state index in [0.717, 1.165) is 5.69 Å². The molecule has 2 aromatic carbocycles. The summed E-state index contributed by atoms with van der Waals surface area (Å²) in [7, 11) is 3.18. The van der Waals surface area contributed by atoms with Gasteiger partial charge in [0.15, 0.2) is 11.5 Å². The van der Waals surface area contributed by atoms with E-state index < -0.39 is 0 Å². The SMILES string of the molecule is COc1ccc(Nc2ccnc(Nc3ccc(Cl)cc3Cl)n2)cc1OC. The number of nitrogens with one attached hydrogen (secondary N) is 2. The Balaban J connectivity index is 1.79. The van der Waals surface area contributed by atoms with Gasteiger partial charge in [-0.3, -0.25) is 0 Å². The van der Waals surface area contributed by atoms with Crippen LogP contribution in [0.25, 0.3) is 0 Å². The van der Waals surface area contributed by atoms with Gasteiger partial charge in [-0.15, -0.1) is 0 Å². The van der Waals surface area contributed by atoms with Crippen LogP contribution in [0, 0.1) is 0 Å². The van der Waals surface area contributed by atoms with Gasteiger partial charge >= 0.3 is 0 Å². The second-order valence-corrected chi connectivity index (χ2v) is 6.05. The molecule has 0 amide bonds. The summed E-state index contributed by atoms with van der Waals surface area (Å²) >= 11 is 12.1. The van der Waals surface area contributed by atoms with Gasteiger partial charge in [0.1, 0.15) is 5.82 Å². The first kappa shape index (κ1) is 18.1. The van der Waals surface area contributed by atoms with Gasteiger partial charge < -0.3 is 20.1 Å². The number of aromatic nitrogens is 2. The topological polar surface area (TPSA) is 68.3 Å². The second-order valence-electron chi connectivity index (χ2n) is 5.21. The van der Waals surface area contributed by atoms with E-state index in [1.54, 1.807) is 44.7 Å². The summed E-state index contributed by atoms with van der Waals surface area (Å²) in [6, 6.07) is 12.4. The normalized spacial score (nSPS) is 10.3. The summed E-state index contributed by atoms with van der Waals surface area (Å²) in [5.74, 6) is 2.29. The zero-order valence-corrected chi connectivity index (χ0v) is 15.6. The van der Waals surface area contributed by atoms with Crippen LogP contribution in [0.1, 0.15) is 0 Å². The monoisotopic (exact) mass is 390 g/mol. The lowest BCUT2D eigenvalue weighted by Crippen LogP contribution is -2.01. The maximum absolute atomic E-state index is 6.17. The maximum atomic E-state index is 6.17. The number of nitrogens with zero attached hydrogens (tertiary/aromatic N) is 2. The number of hydrogen-bond donors (Lipinski definition) is 2. The number of methoxy groups -OCH3 is 2. The Labute approximate surface area is 161 Å². The molecule has 134 valence electrons. The molecule has 6 nitrogen and oxygen atoms in total. The van der Waals surface area contributed by atoms with Crippen molar-refractivity contribution in [3.8, 4) is 11.5 Å². The molecule has 2 N–H and O–H groups in total. The van der Waals surface area contributed by atoms with Crippen LogP contribution in [0.15, 0.2) is 48.7 Å². The molecule has 8 heteroatoms. The van der Waals surface area contributed by atoms with Crippen LogP contribution in [0.2, 0.25) is 10.0 Å². The van der Waals surface area contributed by atoms with Gasteiger partial charge in [0.05, 0.1) is 24.9 Å². The van der Waals surface area contributed by atoms with E-state index in [-0.39, 0.29) is 0 Å². The number of benzene rings is 2. The van der Waals surface area contributed by atoms with Crippen molar-refractivity contribution in [3.05, 3.63) is 58.7 Å². The third kappa shape index (κ3) is 4.28. The number of ether oxygens (including phenoxy) is 2. The Morgan fingerprint density at radius 3 is 2.42 bits per heavy atom. The first-order valence-electron chi connectivity index (χ1n) is 7.63. The number of halogens is 2. The van der Waals surface area contributed by atoms with Gasteiger partial charge in [0.2, 0.25) is 5.95 Å². The molecular weight excluding hydrogens is 375 g/mol. The molecule has 0 fully saturated rings. The Hall–Kier alpha value is -2.70. The van der Waals surface area contributed by atoms with E-state index in [4.69, 9.17) is 32.7 Å². The predicted octanol–water partition coefficient (Wildman–Crippen LogP) is 5.29. The van der Waals surface area contributed by atoms with E-state index in [0.29, 0.717) is 39.0 Å². The van der Waals surface area contributed by atoms with Crippen molar-refractivity contribution in [2.45, 2.75) is 0 Å². The van der Waals surface area contributed by atoms with E-state index in [1.165, 1.54) is 0 Å². The lowest BCUT2D eigenvalue weighted by molar-refractivity contribution is 0.355. The van der Waals surface area contributed by atoms with Crippen LogP contribution in [0.3, 0.4) is 0 Å². The van der Waals surface area contributed by atoms with Gasteiger partial charge in [-0.2, -0.15) is 4.98 Å². The molecule has 0 aliphatic rings. The molecule has 0 atom stereocenters. The molecule has 26 heavy (non-hydrogen) atoms. The maximum Gasteiger partial charge on any atom is 0.229 e. The second kappa shape index (κ2) is 8.12. The van der Waals surface area contributed by atoms with Crippen molar-refractivity contribution in [1.82, 2.24) is 9.97 Å². The van der Waals surface area contributed by atoms with Crippen molar-refractivity contribution < 1.29 is 9.47 Å². The number of hydrogen-bond acceptors (Lipinski definition) is 6. The zero-order valence-electron chi connectivity index (χ0n) is 14.1. The van der Waals surface area contributed by atoms with E-state index in [9.17, 15) is 0 Å². The number of rotatable bonds is 6. The fourth-order valence-electron chi connectivity index (χ4n) is 2.26. The van der Waals surface area contributed by atoms with Crippen LogP contribution < -0.4 is 20.1 Å². The highest BCUT2D eigenvalue weighted by molar-refractivity contribution is 6.36. The van der Waals surface area contributed by atoms with Crippen LogP contribution in [0.4, 0.5) is 23.1 Å². The van der Waals surface area contributed by atoms with Gasteiger partial charge in [0, 0.05) is 23.0 Å². The molecule has 1 heterocycles. The molecule has 0 aliphatic heterocycles. The van der Waals surface area contributed by atoms with Crippen LogP contribution in [-0.4, -0.2) is 24.2 Å². The molecule has 0 radical (unpaired) electrons. The Bertz CT molecular complexity index is 921. The fourth-order valence-corrected chi connectivity index (χ4v) is 2.72. The predicted molar refractivity (Wildman–Crippen MR) is 105 cm³/mol. The fraction of sp³-hybridized carbons (Fsp3) is 0.111. The third-order valence-corrected chi connectivity index (χ3v) is 4.04. The summed E-state index contributed by atoms with van der Waals surface area (Å²) in [6.45, 7) is 0. The Morgan fingerprint density at radius 2 is 1.69 bits per heavy atom. The van der Waals surface area contributed by atoms with Crippen molar-refractivity contribution in [1.29, 1.82) is 0 Å². The van der Waals surface area contributed by atoms with E-state index >= 15 is 0 Å². The Kier molecular flexibility index (Phi) is 5.65. The molecular formula is C18H16Cl2N4O2. The molecule has 0 saturated heterocycles. The first-order chi connectivity index (χ1) is 12.6. The standard InChI is InChI=1S/C18H16Cl2N4O2/c1-25-15-6-4-12(10-16(15)26-2)22-17-7-8-21-18(24-17)23-14-5-3-11(19)9-13(14)20/h3-10H,1-2H3,(H2,21,22,23,24). The number of anilines is 4. The van der Waals surface area contributed by atoms with Gasteiger partial charge in [-0.25, -0.2) is 4.98 Å². The van der Waals surface area contributed by atoms with Crippen LogP contribution >= 0.6 is 23.2 Å². The molecule has 0 aliphatic carbocycles. The minimum atomic E-state index is 0.402. The smallest absolute Gasteiger partial charge is 0.229 e. The van der Waals surface area contributed by atoms with Gasteiger partial charge in [0.25, 0.3) is 0 Å². The quantitative estimate of drug-likeness (QED) is 0.595. The molecule has 1 aromatic heterocycles. The minimum Gasteiger partial charge on any atom is -0.493 e. The van der Waals surface area contributed by atoms with Crippen LogP contribution in [-0.2, 0) is 0 Å². The summed E-state index contributed by atoms with van der Waals surface area (Å²) in [5, 5.41) is 7.31. The summed E-state index contributed by atoms with van der Waals surface area (Å²) < 4.78 is 10.5. The molecule has 0 unspecified atom stereocenters. The van der Waals surface area contributed by atoms with Gasteiger partial charge in [-0.1, -0.05) is 23.2 Å². The van der Waals surface area contributed by atoms with Crippen molar-refractivity contribution >= 4 is 46.3 Å². The summed E-state index contributed by atoms with van der Waals surface area (Å²) in [4.78, 5) is 8.63. The highest BCUT2D eigenvalue weighted by atomic mass is 35.5. The lowest BCUT2D eigenvalue weighted by atomic mass is 10.2. The molecule has 0 bridgehead atoms. The molecule has 0 spiro atoms. The first-order valence-corrected chi connectivity index (χ1v) is 8.39. The average molecular weight is 391 g/mol. The largest absolute Gasteiger partial charge is 0.493 e. The Morgan fingerprint density at radius 1 is 0.885 bits per heavy atom. The minimum absolute atomic E-state index is 0.402. The van der Waals surface area contributed by atoms with Crippen molar-refractivity contribution in [3.63, 3.8) is 0 Å². The lowest BCUT2D eigenvalue weighted by Gasteiger charge is -2.12. The van der Waals surface area contributed by atoms with Gasteiger partial charge in [-0.05, 0) is 36.4 Å². The molecule has 3 rings (SSSR count). The van der Waals surface area contributed by atoms with Crippen molar-refractivity contribution in [2.24, 2.45) is 0 Å². The van der Waals surface area contributed by atoms with E-state index in [2.05, 4.69) is 20.6 Å². The van der Waals surface area contributed by atoms with E-state index in [1.807, 2.05) is 18.2 Å². The highest BCUT2D eigenvalue weighted by Gasteiger charge is 2.07. The molecule has 0 saturated carbocycles. The third-order valence-electron chi connectivity index (χ3n) is 3.49.